The van der Waals surface area contributed by atoms with E-state index >= 15 is 0 Å². The molecule has 10 aromatic rings. The molecule has 2 aromatic heterocycles. The lowest BCUT2D eigenvalue weighted by Gasteiger charge is -2.30. The molecule has 3 heterocycles. The minimum absolute atomic E-state index is 0.0599. The van der Waals surface area contributed by atoms with Gasteiger partial charge in [0.05, 0.1) is 6.04 Å². The Hall–Kier alpha value is -6.55. The maximum Gasteiger partial charge on any atom is 0.139 e. The molecule has 0 saturated heterocycles. The number of thiophene rings is 1. The van der Waals surface area contributed by atoms with Crippen LogP contribution in [0.3, 0.4) is 0 Å². The highest BCUT2D eigenvalue weighted by Gasteiger charge is 2.31. The zero-order chi connectivity index (χ0) is 41.3. The number of hydrogen-bond donors (Lipinski definition) is 0. The van der Waals surface area contributed by atoms with Crippen LogP contribution in [0.15, 0.2) is 185 Å². The topological polar surface area (TPSA) is 25.5 Å². The number of aliphatic imine (C=N–C) groups is 1. The van der Waals surface area contributed by atoms with Crippen LogP contribution in [-0.4, -0.2) is 5.71 Å². The molecule has 0 spiro atoms. The fraction of sp³-hybridized carbons (Fsp3) is 0.169. The highest BCUT2D eigenvalue weighted by Crippen LogP contribution is 2.49. The van der Waals surface area contributed by atoms with Gasteiger partial charge in [0, 0.05) is 54.6 Å². The van der Waals surface area contributed by atoms with Crippen molar-refractivity contribution < 1.29 is 4.42 Å². The fourth-order valence-corrected chi connectivity index (χ4v) is 12.4. The van der Waals surface area contributed by atoms with Crippen LogP contribution in [0.2, 0.25) is 0 Å². The molecule has 0 radical (unpaired) electrons. The predicted octanol–water partition coefficient (Wildman–Crippen LogP) is 16.7. The third-order valence-corrected chi connectivity index (χ3v) is 15.3. The summed E-state index contributed by atoms with van der Waals surface area (Å²) in [5.74, 6) is 0.511. The number of hydrogen-bond acceptors (Lipinski definition) is 3. The Labute approximate surface area is 366 Å². The molecule has 1 aliphatic heterocycles. The highest BCUT2D eigenvalue weighted by atomic mass is 32.1. The molecule has 62 heavy (non-hydrogen) atoms. The van der Waals surface area contributed by atoms with Gasteiger partial charge in [-0.2, -0.15) is 0 Å². The van der Waals surface area contributed by atoms with Gasteiger partial charge >= 0.3 is 0 Å². The molecule has 300 valence electrons. The Morgan fingerprint density at radius 3 is 2.21 bits per heavy atom. The second-order valence-corrected chi connectivity index (χ2v) is 18.6. The van der Waals surface area contributed by atoms with Crippen molar-refractivity contribution in [3.8, 4) is 11.1 Å². The van der Waals surface area contributed by atoms with Crippen molar-refractivity contribution in [1.29, 1.82) is 0 Å². The van der Waals surface area contributed by atoms with Crippen LogP contribution in [0.1, 0.15) is 84.9 Å². The molecule has 0 bridgehead atoms. The number of rotatable bonds is 5. The summed E-state index contributed by atoms with van der Waals surface area (Å²) in [4.78, 5) is 5.83. The Morgan fingerprint density at radius 2 is 1.32 bits per heavy atom. The molecule has 2 aliphatic rings. The third kappa shape index (κ3) is 6.08. The van der Waals surface area contributed by atoms with Gasteiger partial charge < -0.3 is 4.42 Å². The summed E-state index contributed by atoms with van der Waals surface area (Å²) >= 11 is 1.94. The van der Waals surface area contributed by atoms with Crippen molar-refractivity contribution in [1.82, 2.24) is 0 Å². The van der Waals surface area contributed by atoms with Crippen LogP contribution >= 0.6 is 11.3 Å². The number of fused-ring (bicyclic) bond motifs is 10. The summed E-state index contributed by atoms with van der Waals surface area (Å²) in [7, 11) is 0. The van der Waals surface area contributed by atoms with E-state index in [4.69, 9.17) is 9.41 Å². The molecule has 2 nitrogen and oxygen atoms in total. The number of aryl methyl sites for hydroxylation is 1. The van der Waals surface area contributed by atoms with Crippen LogP contribution in [0.25, 0.3) is 69.6 Å². The van der Waals surface area contributed by atoms with Crippen molar-refractivity contribution >= 4 is 75.5 Å². The van der Waals surface area contributed by atoms with E-state index in [2.05, 4.69) is 184 Å². The minimum Gasteiger partial charge on any atom is -0.456 e. The Balaban J connectivity index is 1.01. The molecule has 3 heteroatoms. The van der Waals surface area contributed by atoms with Gasteiger partial charge in [-0.15, -0.1) is 11.3 Å². The van der Waals surface area contributed by atoms with Gasteiger partial charge in [0.15, 0.2) is 0 Å². The van der Waals surface area contributed by atoms with E-state index in [1.54, 1.807) is 0 Å². The van der Waals surface area contributed by atoms with Gasteiger partial charge in [-0.05, 0) is 112 Å². The van der Waals surface area contributed by atoms with E-state index in [1.165, 1.54) is 97.4 Å². The van der Waals surface area contributed by atoms with E-state index in [1.807, 2.05) is 11.3 Å². The first-order valence-electron chi connectivity index (χ1n) is 22.4. The summed E-state index contributed by atoms with van der Waals surface area (Å²) in [6.07, 6.45) is 4.76. The first kappa shape index (κ1) is 37.2. The maximum atomic E-state index is 7.11. The Kier molecular flexibility index (Phi) is 9.08. The molecule has 0 saturated carbocycles. The number of nitrogens with zero attached hydrogens (tertiary/aromatic N) is 1. The first-order chi connectivity index (χ1) is 30.6. The second-order valence-electron chi connectivity index (χ2n) is 17.5. The Bertz CT molecular complexity index is 3440. The molecule has 12 rings (SSSR count). The molecule has 3 atom stereocenters. The van der Waals surface area contributed by atoms with E-state index in [9.17, 15) is 0 Å². The summed E-state index contributed by atoms with van der Waals surface area (Å²) in [6, 6.07) is 62.9. The molecular formula is C59H47NOS. The maximum absolute atomic E-state index is 7.11. The van der Waals surface area contributed by atoms with E-state index in [0.29, 0.717) is 5.92 Å². The largest absolute Gasteiger partial charge is 0.456 e. The first-order valence-corrected chi connectivity index (χ1v) is 23.2. The smallest absolute Gasteiger partial charge is 0.139 e. The molecular weight excluding hydrogens is 771 g/mol. The summed E-state index contributed by atoms with van der Waals surface area (Å²) in [6.45, 7) is 4.73. The standard InChI is InChI=1S/C59H47NOS/c1-3-37-35-53(60-52(38-16-5-4-6-17-38)32-36(2)56(37)50-27-14-24-47-45-22-11-12-29-55(45)62-59(47)50)48-25-15-28-54-57(48)49-26-13-23-46(58(49)61-54)44-31-30-41-33-39-18-7-8-19-40(39)34-51(41)43-21-10-9-20-42(43)44/h4-29,33-34,37,44,53H,3,30-32,35H2,1-2H3/b56-36-,60-52+. The van der Waals surface area contributed by atoms with Crippen LogP contribution in [0.4, 0.5) is 0 Å². The molecule has 8 aromatic carbocycles. The van der Waals surface area contributed by atoms with Crippen molar-refractivity contribution in [3.05, 3.63) is 209 Å². The number of furan rings is 1. The van der Waals surface area contributed by atoms with Crippen LogP contribution in [-0.2, 0) is 6.42 Å². The van der Waals surface area contributed by atoms with Crippen LogP contribution in [0, 0.1) is 5.92 Å². The second kappa shape index (κ2) is 15.1. The van der Waals surface area contributed by atoms with Crippen molar-refractivity contribution in [2.75, 3.05) is 0 Å². The summed E-state index contributed by atoms with van der Waals surface area (Å²) in [5.41, 5.74) is 16.6. The van der Waals surface area contributed by atoms with Crippen LogP contribution < -0.4 is 0 Å². The molecule has 0 fully saturated rings. The summed E-state index contributed by atoms with van der Waals surface area (Å²) < 4.78 is 9.85. The van der Waals surface area contributed by atoms with Gasteiger partial charge in [-0.3, -0.25) is 4.99 Å². The van der Waals surface area contributed by atoms with Gasteiger partial charge in [0.2, 0.25) is 0 Å². The number of para-hydroxylation sites is 1. The van der Waals surface area contributed by atoms with Crippen molar-refractivity contribution in [2.45, 2.75) is 57.9 Å². The van der Waals surface area contributed by atoms with E-state index < -0.39 is 0 Å². The third-order valence-electron chi connectivity index (χ3n) is 14.0. The van der Waals surface area contributed by atoms with Gasteiger partial charge in [-0.25, -0.2) is 0 Å². The lowest BCUT2D eigenvalue weighted by molar-refractivity contribution is 0.514. The SMILES string of the molecule is CCC1CC(c2cccc3oc4c(C5CCc6cc7ccccc7cc6-c6ccccc65)cccc4c23)/N=C(/c2ccccc2)C/C(C)=C/1c1cccc2c1sc1ccccc12. The highest BCUT2D eigenvalue weighted by molar-refractivity contribution is 7.26. The lowest BCUT2D eigenvalue weighted by Crippen LogP contribution is -2.16. The normalized spacial score (nSPS) is 20.2. The minimum atomic E-state index is -0.0599. The van der Waals surface area contributed by atoms with Gasteiger partial charge in [-0.1, -0.05) is 164 Å². The van der Waals surface area contributed by atoms with Gasteiger partial charge in [0.25, 0.3) is 0 Å². The van der Waals surface area contributed by atoms with E-state index in [0.717, 1.165) is 49.0 Å². The molecule has 1 aliphatic carbocycles. The molecule has 3 unspecified atom stereocenters. The molecule has 0 N–H and O–H groups in total. The van der Waals surface area contributed by atoms with Crippen molar-refractivity contribution in [3.63, 3.8) is 0 Å². The van der Waals surface area contributed by atoms with Gasteiger partial charge in [0.1, 0.15) is 11.2 Å². The molecule has 0 amide bonds. The fourth-order valence-electron chi connectivity index (χ4n) is 11.2. The Morgan fingerprint density at radius 1 is 0.629 bits per heavy atom. The lowest BCUT2D eigenvalue weighted by atomic mass is 9.78. The quantitative estimate of drug-likeness (QED) is 0.170. The van der Waals surface area contributed by atoms with Crippen molar-refractivity contribution in [2.24, 2.45) is 10.9 Å². The zero-order valence-corrected chi connectivity index (χ0v) is 36.0. The summed E-state index contributed by atoms with van der Waals surface area (Å²) in [5, 5.41) is 7.69. The predicted molar refractivity (Wildman–Crippen MR) is 264 cm³/mol. The van der Waals surface area contributed by atoms with Crippen LogP contribution in [0.5, 0.6) is 0 Å². The number of allylic oxidation sites excluding steroid dienone is 2. The average Bonchev–Trinajstić information content (AvgIpc) is 3.85. The number of benzene rings is 8. The monoisotopic (exact) mass is 817 g/mol. The zero-order valence-electron chi connectivity index (χ0n) is 35.2. The van der Waals surface area contributed by atoms with E-state index in [-0.39, 0.29) is 12.0 Å². The average molecular weight is 818 g/mol.